The van der Waals surface area contributed by atoms with Gasteiger partial charge < -0.3 is 0 Å². The molecule has 0 atom stereocenters. The highest BCUT2D eigenvalue weighted by Gasteiger charge is 2.25. The average Bonchev–Trinajstić information content (AvgIpc) is 1.59. The maximum absolute atomic E-state index is 10.6. The van der Waals surface area contributed by atoms with Crippen LogP contribution in [0.2, 0.25) is 0 Å². The highest BCUT2D eigenvalue weighted by molar-refractivity contribution is 8.08. The Balaban J connectivity index is 4.94. The second-order valence-corrected chi connectivity index (χ2v) is 7.26. The standard InChI is InChI=1S/C4H10O4S2/c1-4(9(2,5)6)10(3,7)8/h4H,1-3H3. The molecule has 0 aliphatic heterocycles. The van der Waals surface area contributed by atoms with E-state index in [0.717, 1.165) is 19.4 Å². The summed E-state index contributed by atoms with van der Waals surface area (Å²) in [7, 11) is -6.90. The fraction of sp³-hybridized carbons (Fsp3) is 1.00. The van der Waals surface area contributed by atoms with E-state index in [4.69, 9.17) is 0 Å². The van der Waals surface area contributed by atoms with Crippen LogP contribution in [-0.4, -0.2) is 33.9 Å². The minimum atomic E-state index is -3.45. The predicted molar refractivity (Wildman–Crippen MR) is 39.1 cm³/mol. The third-order valence-corrected chi connectivity index (χ3v) is 5.72. The van der Waals surface area contributed by atoms with Gasteiger partial charge in [0.15, 0.2) is 24.3 Å². The zero-order valence-electron chi connectivity index (χ0n) is 6.03. The Morgan fingerprint density at radius 1 is 0.900 bits per heavy atom. The Hall–Kier alpha value is -0.100. The molecule has 0 saturated heterocycles. The molecule has 0 aromatic rings. The van der Waals surface area contributed by atoms with Crippen LogP contribution in [0.3, 0.4) is 0 Å². The average molecular weight is 186 g/mol. The molecule has 0 bridgehead atoms. The van der Waals surface area contributed by atoms with Crippen molar-refractivity contribution in [3.8, 4) is 0 Å². The van der Waals surface area contributed by atoms with Crippen LogP contribution in [0.15, 0.2) is 0 Å². The lowest BCUT2D eigenvalue weighted by Crippen LogP contribution is -2.25. The van der Waals surface area contributed by atoms with Crippen molar-refractivity contribution in [3.05, 3.63) is 0 Å². The molecule has 62 valence electrons. The van der Waals surface area contributed by atoms with Crippen LogP contribution in [0.1, 0.15) is 6.92 Å². The van der Waals surface area contributed by atoms with Gasteiger partial charge in [-0.2, -0.15) is 0 Å². The van der Waals surface area contributed by atoms with E-state index in [9.17, 15) is 16.8 Å². The molecule has 0 aliphatic rings. The predicted octanol–water partition coefficient (Wildman–Crippen LogP) is -0.578. The largest absolute Gasteiger partial charge is 0.228 e. The highest BCUT2D eigenvalue weighted by Crippen LogP contribution is 2.04. The first kappa shape index (κ1) is 9.90. The monoisotopic (exact) mass is 186 g/mol. The van der Waals surface area contributed by atoms with Gasteiger partial charge in [-0.05, 0) is 6.92 Å². The molecule has 0 aliphatic carbocycles. The van der Waals surface area contributed by atoms with Gasteiger partial charge >= 0.3 is 0 Å². The molecule has 0 aromatic heterocycles. The lowest BCUT2D eigenvalue weighted by molar-refractivity contribution is 0.584. The molecule has 0 rings (SSSR count). The number of rotatable bonds is 2. The molecule has 0 heterocycles. The maximum atomic E-state index is 10.6. The summed E-state index contributed by atoms with van der Waals surface area (Å²) in [5, 5.41) is 0. The Bertz CT molecular complexity index is 264. The van der Waals surface area contributed by atoms with Gasteiger partial charge in [-0.15, -0.1) is 0 Å². The van der Waals surface area contributed by atoms with Gasteiger partial charge in [-0.1, -0.05) is 0 Å². The van der Waals surface area contributed by atoms with Gasteiger partial charge in [0.2, 0.25) is 0 Å². The Labute approximate surface area is 61.1 Å². The summed E-state index contributed by atoms with van der Waals surface area (Å²) in [6, 6.07) is 0. The van der Waals surface area contributed by atoms with Crippen molar-refractivity contribution in [2.75, 3.05) is 12.5 Å². The van der Waals surface area contributed by atoms with Crippen molar-refractivity contribution >= 4 is 19.7 Å². The fourth-order valence-corrected chi connectivity index (χ4v) is 2.86. The molecule has 0 N–H and O–H groups in total. The van der Waals surface area contributed by atoms with Crippen molar-refractivity contribution < 1.29 is 16.8 Å². The summed E-state index contributed by atoms with van der Waals surface area (Å²) in [5.41, 5.74) is 0. The van der Waals surface area contributed by atoms with Crippen molar-refractivity contribution in [2.24, 2.45) is 0 Å². The van der Waals surface area contributed by atoms with Crippen LogP contribution in [0, 0.1) is 0 Å². The van der Waals surface area contributed by atoms with Crippen LogP contribution in [0.5, 0.6) is 0 Å². The van der Waals surface area contributed by atoms with Gasteiger partial charge in [0.1, 0.15) is 0 Å². The van der Waals surface area contributed by atoms with Gasteiger partial charge in [0.25, 0.3) is 0 Å². The summed E-state index contributed by atoms with van der Waals surface area (Å²) in [4.78, 5) is 0. The van der Waals surface area contributed by atoms with E-state index in [1.165, 1.54) is 0 Å². The molecule has 0 fully saturated rings. The molecule has 0 amide bonds. The normalized spacial score (nSPS) is 14.0. The lowest BCUT2D eigenvalue weighted by Gasteiger charge is -2.04. The van der Waals surface area contributed by atoms with Crippen molar-refractivity contribution in [3.63, 3.8) is 0 Å². The second kappa shape index (κ2) is 2.50. The van der Waals surface area contributed by atoms with E-state index < -0.39 is 24.3 Å². The second-order valence-electron chi connectivity index (χ2n) is 2.23. The van der Waals surface area contributed by atoms with Crippen molar-refractivity contribution in [2.45, 2.75) is 11.5 Å². The van der Waals surface area contributed by atoms with Gasteiger partial charge in [0, 0.05) is 12.5 Å². The summed E-state index contributed by atoms with van der Waals surface area (Å²) < 4.78 is 41.1. The maximum Gasteiger partial charge on any atom is 0.164 e. The molecule has 0 unspecified atom stereocenters. The summed E-state index contributed by atoms with van der Waals surface area (Å²) >= 11 is 0. The third-order valence-electron chi connectivity index (χ3n) is 1.21. The van der Waals surface area contributed by atoms with Gasteiger partial charge in [-0.3, -0.25) is 0 Å². The number of hydrogen-bond donors (Lipinski definition) is 0. The Morgan fingerprint density at radius 3 is 1.10 bits per heavy atom. The zero-order chi connectivity index (χ0) is 8.58. The van der Waals surface area contributed by atoms with Crippen LogP contribution in [0.25, 0.3) is 0 Å². The molecule has 0 aromatic carbocycles. The smallest absolute Gasteiger partial charge is 0.164 e. The number of sulfone groups is 2. The minimum absolute atomic E-state index is 0.902. The van der Waals surface area contributed by atoms with E-state index in [0.29, 0.717) is 0 Å². The summed E-state index contributed by atoms with van der Waals surface area (Å²) in [5.74, 6) is 0. The highest BCUT2D eigenvalue weighted by atomic mass is 32.3. The Morgan fingerprint density at radius 2 is 1.10 bits per heavy atom. The van der Waals surface area contributed by atoms with Crippen molar-refractivity contribution in [1.82, 2.24) is 0 Å². The summed E-state index contributed by atoms with van der Waals surface area (Å²) in [6.07, 6.45) is 1.80. The molecule has 6 heteroatoms. The Kier molecular flexibility index (Phi) is 2.48. The summed E-state index contributed by atoms with van der Waals surface area (Å²) in [6.45, 7) is 1.16. The molecule has 0 radical (unpaired) electrons. The van der Waals surface area contributed by atoms with E-state index in [-0.39, 0.29) is 0 Å². The van der Waals surface area contributed by atoms with Crippen LogP contribution >= 0.6 is 0 Å². The molecule has 0 spiro atoms. The first-order chi connectivity index (χ1) is 4.15. The molecular formula is C4H10O4S2. The quantitative estimate of drug-likeness (QED) is 0.578. The topological polar surface area (TPSA) is 68.3 Å². The third kappa shape index (κ3) is 2.66. The first-order valence-electron chi connectivity index (χ1n) is 2.53. The van der Waals surface area contributed by atoms with Gasteiger partial charge in [-0.25, -0.2) is 16.8 Å². The molecular weight excluding hydrogens is 176 g/mol. The molecule has 10 heavy (non-hydrogen) atoms. The van der Waals surface area contributed by atoms with Crippen LogP contribution in [0.4, 0.5) is 0 Å². The zero-order valence-corrected chi connectivity index (χ0v) is 7.66. The lowest BCUT2D eigenvalue weighted by atomic mass is 11.0. The van der Waals surface area contributed by atoms with Gasteiger partial charge in [0.05, 0.1) is 0 Å². The van der Waals surface area contributed by atoms with E-state index >= 15 is 0 Å². The van der Waals surface area contributed by atoms with E-state index in [1.54, 1.807) is 0 Å². The fourth-order valence-electron chi connectivity index (χ4n) is 0.318. The van der Waals surface area contributed by atoms with Crippen molar-refractivity contribution in [1.29, 1.82) is 0 Å². The van der Waals surface area contributed by atoms with E-state index in [2.05, 4.69) is 0 Å². The van der Waals surface area contributed by atoms with Crippen LogP contribution in [-0.2, 0) is 19.7 Å². The van der Waals surface area contributed by atoms with Crippen LogP contribution < -0.4 is 0 Å². The number of hydrogen-bond acceptors (Lipinski definition) is 4. The molecule has 4 nitrogen and oxygen atoms in total. The minimum Gasteiger partial charge on any atom is -0.228 e. The van der Waals surface area contributed by atoms with E-state index in [1.807, 2.05) is 0 Å². The first-order valence-corrected chi connectivity index (χ1v) is 6.44. The SMILES string of the molecule is CC(S(C)(=O)=O)S(C)(=O)=O. The molecule has 0 saturated carbocycles.